The molecule has 1 aliphatic rings. The highest BCUT2D eigenvalue weighted by atomic mass is 16.5. The molecule has 3 aromatic rings. The van der Waals surface area contributed by atoms with Crippen LogP contribution in [0.3, 0.4) is 0 Å². The van der Waals surface area contributed by atoms with Gasteiger partial charge in [0.25, 0.3) is 0 Å². The van der Waals surface area contributed by atoms with Gasteiger partial charge in [0.2, 0.25) is 5.88 Å². The van der Waals surface area contributed by atoms with Crippen molar-refractivity contribution in [1.29, 1.82) is 0 Å². The Labute approximate surface area is 154 Å². The van der Waals surface area contributed by atoms with Crippen LogP contribution < -0.4 is 16.1 Å². The molecule has 0 amide bonds. The number of aromatic nitrogens is 1. The van der Waals surface area contributed by atoms with Crippen LogP contribution in [-0.4, -0.2) is 17.6 Å². The topological polar surface area (TPSA) is 105 Å². The van der Waals surface area contributed by atoms with Crippen LogP contribution in [0, 0.1) is 0 Å². The maximum atomic E-state index is 12.8. The van der Waals surface area contributed by atoms with E-state index in [0.29, 0.717) is 16.5 Å². The second-order valence-corrected chi connectivity index (χ2v) is 5.94. The lowest BCUT2D eigenvalue weighted by atomic mass is 9.83. The molecule has 0 spiro atoms. The number of nitrogens with zero attached hydrogens (tertiary/aromatic N) is 1. The lowest BCUT2D eigenvalue weighted by molar-refractivity contribution is -0.139. The molecule has 3 heterocycles. The molecular weight excluding hydrogens is 348 g/mol. The van der Waals surface area contributed by atoms with E-state index < -0.39 is 17.5 Å². The van der Waals surface area contributed by atoms with Crippen molar-refractivity contribution in [3.63, 3.8) is 0 Å². The first-order valence-corrected chi connectivity index (χ1v) is 8.42. The molecule has 1 atom stereocenters. The molecule has 0 bridgehead atoms. The fourth-order valence-electron chi connectivity index (χ4n) is 3.26. The van der Waals surface area contributed by atoms with Gasteiger partial charge < -0.3 is 19.6 Å². The first-order valence-electron chi connectivity index (χ1n) is 8.42. The van der Waals surface area contributed by atoms with Gasteiger partial charge in [0.1, 0.15) is 11.2 Å². The molecule has 2 N–H and O–H groups in total. The van der Waals surface area contributed by atoms with Crippen molar-refractivity contribution in [3.05, 3.63) is 81.8 Å². The molecule has 1 aliphatic heterocycles. The van der Waals surface area contributed by atoms with E-state index in [9.17, 15) is 9.59 Å². The fourth-order valence-corrected chi connectivity index (χ4v) is 3.26. The quantitative estimate of drug-likeness (QED) is 0.562. The Kier molecular flexibility index (Phi) is 4.12. The molecular formula is C20H16N2O5. The van der Waals surface area contributed by atoms with Crippen LogP contribution in [0.1, 0.15) is 24.0 Å². The Morgan fingerprint density at radius 2 is 1.96 bits per heavy atom. The smallest absolute Gasteiger partial charge is 0.344 e. The minimum absolute atomic E-state index is 0.0677. The van der Waals surface area contributed by atoms with Crippen molar-refractivity contribution >= 4 is 16.9 Å². The second kappa shape index (κ2) is 6.60. The highest BCUT2D eigenvalue weighted by Crippen LogP contribution is 2.43. The van der Waals surface area contributed by atoms with Crippen LogP contribution in [0.25, 0.3) is 11.0 Å². The van der Waals surface area contributed by atoms with Gasteiger partial charge in [0.05, 0.1) is 23.5 Å². The van der Waals surface area contributed by atoms with Crippen LogP contribution in [0.15, 0.2) is 69.5 Å². The number of rotatable bonds is 3. The number of esters is 1. The highest BCUT2D eigenvalue weighted by molar-refractivity contribution is 5.94. The summed E-state index contributed by atoms with van der Waals surface area (Å²) in [6, 6.07) is 10.4. The van der Waals surface area contributed by atoms with Gasteiger partial charge in [-0.2, -0.15) is 0 Å². The number of para-hydroxylation sites is 1. The van der Waals surface area contributed by atoms with Crippen LogP contribution in [0.4, 0.5) is 0 Å². The average molecular weight is 364 g/mol. The number of hydrogen-bond acceptors (Lipinski definition) is 7. The zero-order valence-corrected chi connectivity index (χ0v) is 14.5. The van der Waals surface area contributed by atoms with E-state index in [0.717, 1.165) is 0 Å². The number of hydrogen-bond donors (Lipinski definition) is 1. The summed E-state index contributed by atoms with van der Waals surface area (Å²) >= 11 is 0. The van der Waals surface area contributed by atoms with Gasteiger partial charge in [-0.05, 0) is 36.8 Å². The van der Waals surface area contributed by atoms with E-state index in [1.165, 1.54) is 0 Å². The Hall–Kier alpha value is -3.61. The molecule has 0 radical (unpaired) electrons. The van der Waals surface area contributed by atoms with E-state index in [-0.39, 0.29) is 29.4 Å². The molecule has 27 heavy (non-hydrogen) atoms. The van der Waals surface area contributed by atoms with Gasteiger partial charge in [-0.3, -0.25) is 4.98 Å². The van der Waals surface area contributed by atoms with Crippen molar-refractivity contribution in [3.8, 4) is 5.75 Å². The highest BCUT2D eigenvalue weighted by Gasteiger charge is 2.39. The molecule has 1 aromatic carbocycles. The van der Waals surface area contributed by atoms with Crippen LogP contribution in [0.2, 0.25) is 0 Å². The lowest BCUT2D eigenvalue weighted by Gasteiger charge is -2.27. The van der Waals surface area contributed by atoms with Crippen molar-refractivity contribution in [1.82, 2.24) is 4.98 Å². The fraction of sp³-hybridized carbons (Fsp3) is 0.150. The Morgan fingerprint density at radius 1 is 1.22 bits per heavy atom. The SMILES string of the molecule is CCOC(=O)C1=C(N)Oc2c(c(=O)oc3ccccc23)C1c1ccncc1. The largest absolute Gasteiger partial charge is 0.462 e. The number of carbonyl (C=O) groups is 1. The van der Waals surface area contributed by atoms with Crippen LogP contribution in [0.5, 0.6) is 5.75 Å². The van der Waals surface area contributed by atoms with Gasteiger partial charge in [-0.25, -0.2) is 9.59 Å². The summed E-state index contributed by atoms with van der Waals surface area (Å²) in [5, 5.41) is 0.594. The number of benzene rings is 1. The van der Waals surface area contributed by atoms with Crippen LogP contribution in [-0.2, 0) is 9.53 Å². The summed E-state index contributed by atoms with van der Waals surface area (Å²) in [5.74, 6) is -1.24. The maximum absolute atomic E-state index is 12.8. The second-order valence-electron chi connectivity index (χ2n) is 5.94. The van der Waals surface area contributed by atoms with E-state index in [4.69, 9.17) is 19.6 Å². The van der Waals surface area contributed by atoms with Gasteiger partial charge in [0, 0.05) is 12.4 Å². The summed E-state index contributed by atoms with van der Waals surface area (Å²) in [5.41, 5.74) is 6.81. The molecule has 4 rings (SSSR count). The third kappa shape index (κ3) is 2.73. The Balaban J connectivity index is 2.04. The Morgan fingerprint density at radius 3 is 2.70 bits per heavy atom. The van der Waals surface area contributed by atoms with Crippen molar-refractivity contribution < 1.29 is 18.7 Å². The third-order valence-corrected chi connectivity index (χ3v) is 4.39. The van der Waals surface area contributed by atoms with E-state index in [1.807, 2.05) is 0 Å². The number of nitrogens with two attached hydrogens (primary N) is 1. The normalized spacial score (nSPS) is 16.0. The minimum atomic E-state index is -0.781. The molecule has 0 saturated carbocycles. The summed E-state index contributed by atoms with van der Waals surface area (Å²) in [6.45, 7) is 1.85. The molecule has 136 valence electrons. The molecule has 0 fully saturated rings. The Bertz CT molecular complexity index is 1120. The minimum Gasteiger partial charge on any atom is -0.462 e. The lowest BCUT2D eigenvalue weighted by Crippen LogP contribution is -2.31. The van der Waals surface area contributed by atoms with Gasteiger partial charge in [0.15, 0.2) is 5.75 Å². The molecule has 0 saturated heterocycles. The summed E-state index contributed by atoms with van der Waals surface area (Å²) in [6.07, 6.45) is 3.15. The molecule has 7 nitrogen and oxygen atoms in total. The molecule has 0 aliphatic carbocycles. The first kappa shape index (κ1) is 16.8. The van der Waals surface area contributed by atoms with Crippen molar-refractivity contribution in [2.24, 2.45) is 5.73 Å². The number of ether oxygens (including phenoxy) is 2. The summed E-state index contributed by atoms with van der Waals surface area (Å²) in [7, 11) is 0. The maximum Gasteiger partial charge on any atom is 0.344 e. The first-order chi connectivity index (χ1) is 13.1. The van der Waals surface area contributed by atoms with E-state index in [1.54, 1.807) is 55.7 Å². The predicted molar refractivity (Wildman–Crippen MR) is 97.0 cm³/mol. The van der Waals surface area contributed by atoms with Gasteiger partial charge in [-0.1, -0.05) is 12.1 Å². The number of fused-ring (bicyclic) bond motifs is 3. The number of carbonyl (C=O) groups excluding carboxylic acids is 1. The van der Waals surface area contributed by atoms with Crippen molar-refractivity contribution in [2.45, 2.75) is 12.8 Å². The number of pyridine rings is 1. The summed E-state index contributed by atoms with van der Waals surface area (Å²) in [4.78, 5) is 29.4. The monoisotopic (exact) mass is 364 g/mol. The molecule has 2 aromatic heterocycles. The van der Waals surface area contributed by atoms with Crippen LogP contribution >= 0.6 is 0 Å². The molecule has 7 heteroatoms. The van der Waals surface area contributed by atoms with Gasteiger partial charge >= 0.3 is 11.6 Å². The zero-order valence-electron chi connectivity index (χ0n) is 14.5. The zero-order chi connectivity index (χ0) is 19.0. The van der Waals surface area contributed by atoms with E-state index >= 15 is 0 Å². The summed E-state index contributed by atoms with van der Waals surface area (Å²) < 4.78 is 16.3. The average Bonchev–Trinajstić information content (AvgIpc) is 2.68. The standard InChI is InChI=1S/C20H16N2O5/c1-2-25-19(23)16-14(11-7-9-22-10-8-11)15-17(27-18(16)21)12-5-3-4-6-13(12)26-20(15)24/h3-10,14H,2,21H2,1H3. The third-order valence-electron chi connectivity index (χ3n) is 4.39. The predicted octanol–water partition coefficient (Wildman–Crippen LogP) is 2.45. The van der Waals surface area contributed by atoms with Crippen molar-refractivity contribution in [2.75, 3.05) is 6.61 Å². The molecule has 1 unspecified atom stereocenters. The van der Waals surface area contributed by atoms with Gasteiger partial charge in [-0.15, -0.1) is 0 Å². The van der Waals surface area contributed by atoms with E-state index in [2.05, 4.69) is 4.98 Å².